The molecule has 3 nitrogen and oxygen atoms in total. The van der Waals surface area contributed by atoms with Crippen molar-refractivity contribution in [3.63, 3.8) is 0 Å². The van der Waals surface area contributed by atoms with Crippen LogP contribution >= 0.6 is 0 Å². The molecule has 0 aromatic heterocycles. The number of carbonyl (C=O) groups excluding carboxylic acids is 1. The summed E-state index contributed by atoms with van der Waals surface area (Å²) in [6.07, 6.45) is -0.0259. The van der Waals surface area contributed by atoms with Crippen molar-refractivity contribution in [1.29, 1.82) is 0 Å². The molecular formula is C8H4F2O3. The van der Waals surface area contributed by atoms with Gasteiger partial charge < -0.3 is 5.11 Å². The quantitative estimate of drug-likeness (QED) is 0.711. The first kappa shape index (κ1) is 9.31. The maximum absolute atomic E-state index is 12.8. The van der Waals surface area contributed by atoms with Gasteiger partial charge in [-0.15, -0.1) is 0 Å². The summed E-state index contributed by atoms with van der Waals surface area (Å²) in [7, 11) is 0. The minimum absolute atomic E-state index is 0.0259. The molecule has 0 aliphatic rings. The molecule has 0 radical (unpaired) electrons. The van der Waals surface area contributed by atoms with Crippen molar-refractivity contribution in [3.8, 4) is 0 Å². The molecular weight excluding hydrogens is 182 g/mol. The Hall–Kier alpha value is -1.78. The van der Waals surface area contributed by atoms with E-state index in [0.717, 1.165) is 0 Å². The molecule has 68 valence electrons. The molecule has 0 aliphatic heterocycles. The van der Waals surface area contributed by atoms with Gasteiger partial charge in [-0.05, 0) is 12.1 Å². The monoisotopic (exact) mass is 186 g/mol. The first-order valence-electron chi connectivity index (χ1n) is 3.24. The molecule has 1 aromatic carbocycles. The van der Waals surface area contributed by atoms with Crippen molar-refractivity contribution in [2.45, 2.75) is 0 Å². The predicted molar refractivity (Wildman–Crippen MR) is 38.7 cm³/mol. The minimum atomic E-state index is -1.67. The molecule has 0 aliphatic carbocycles. The van der Waals surface area contributed by atoms with Crippen molar-refractivity contribution >= 4 is 12.3 Å². The Morgan fingerprint density at radius 1 is 1.31 bits per heavy atom. The number of hydrogen-bond donors (Lipinski definition) is 1. The highest BCUT2D eigenvalue weighted by atomic mass is 19.1. The molecule has 0 amide bonds. The number of hydrogen-bond acceptors (Lipinski definition) is 2. The maximum atomic E-state index is 12.8. The van der Waals surface area contributed by atoms with Crippen molar-refractivity contribution in [3.05, 3.63) is 34.9 Å². The lowest BCUT2D eigenvalue weighted by Gasteiger charge is -2.01. The van der Waals surface area contributed by atoms with E-state index in [1.807, 2.05) is 0 Å². The molecule has 0 bridgehead atoms. The molecule has 0 saturated heterocycles. The van der Waals surface area contributed by atoms with Crippen LogP contribution in [0, 0.1) is 11.6 Å². The van der Waals surface area contributed by atoms with E-state index in [2.05, 4.69) is 0 Å². The van der Waals surface area contributed by atoms with Gasteiger partial charge in [-0.1, -0.05) is 0 Å². The fourth-order valence-electron chi connectivity index (χ4n) is 0.900. The van der Waals surface area contributed by atoms with Crippen LogP contribution in [0.5, 0.6) is 0 Å². The lowest BCUT2D eigenvalue weighted by atomic mass is 10.1. The number of carboxylic acids is 1. The average molecular weight is 186 g/mol. The standard InChI is InChI=1S/C8H4F2O3/c9-5-1-2-6(10)7(8(12)13)4(5)3-11/h1-3H,(H,12,13). The SMILES string of the molecule is O=Cc1c(F)ccc(F)c1C(=O)O. The second-order valence-electron chi connectivity index (χ2n) is 2.24. The van der Waals surface area contributed by atoms with E-state index in [-0.39, 0.29) is 6.29 Å². The first-order chi connectivity index (χ1) is 6.07. The molecule has 1 rings (SSSR count). The lowest BCUT2D eigenvalue weighted by Crippen LogP contribution is -2.07. The van der Waals surface area contributed by atoms with Gasteiger partial charge in [0.05, 0.1) is 5.56 Å². The highest BCUT2D eigenvalue weighted by Gasteiger charge is 2.18. The highest BCUT2D eigenvalue weighted by molar-refractivity contribution is 5.97. The molecule has 0 fully saturated rings. The van der Waals surface area contributed by atoms with Crippen molar-refractivity contribution in [2.75, 3.05) is 0 Å². The van der Waals surface area contributed by atoms with Gasteiger partial charge in [0, 0.05) is 0 Å². The fraction of sp³-hybridized carbons (Fsp3) is 0. The van der Waals surface area contributed by atoms with Gasteiger partial charge in [-0.3, -0.25) is 4.79 Å². The zero-order chi connectivity index (χ0) is 10.0. The number of benzene rings is 1. The summed E-state index contributed by atoms with van der Waals surface area (Å²) in [5, 5.41) is 8.44. The van der Waals surface area contributed by atoms with E-state index in [0.29, 0.717) is 12.1 Å². The van der Waals surface area contributed by atoms with Gasteiger partial charge in [-0.2, -0.15) is 0 Å². The van der Waals surface area contributed by atoms with Crippen LogP contribution in [0.25, 0.3) is 0 Å². The molecule has 1 aromatic rings. The predicted octanol–water partition coefficient (Wildman–Crippen LogP) is 1.48. The summed E-state index contributed by atoms with van der Waals surface area (Å²) in [5.41, 5.74) is -1.71. The average Bonchev–Trinajstić information content (AvgIpc) is 2.07. The molecule has 0 heterocycles. The third-order valence-corrected chi connectivity index (χ3v) is 1.47. The van der Waals surface area contributed by atoms with Crippen molar-refractivity contribution < 1.29 is 23.5 Å². The molecule has 5 heteroatoms. The molecule has 13 heavy (non-hydrogen) atoms. The van der Waals surface area contributed by atoms with Crippen LogP contribution in [0.3, 0.4) is 0 Å². The van der Waals surface area contributed by atoms with Gasteiger partial charge in [0.25, 0.3) is 0 Å². The van der Waals surface area contributed by atoms with E-state index in [9.17, 15) is 18.4 Å². The third-order valence-electron chi connectivity index (χ3n) is 1.47. The number of aldehydes is 1. The third kappa shape index (κ3) is 1.53. The summed E-state index contributed by atoms with van der Waals surface area (Å²) in [4.78, 5) is 20.6. The number of carboxylic acid groups (broad SMARTS) is 1. The van der Waals surface area contributed by atoms with E-state index >= 15 is 0 Å². The van der Waals surface area contributed by atoms with Gasteiger partial charge in [0.2, 0.25) is 0 Å². The number of rotatable bonds is 2. The Kier molecular flexibility index (Phi) is 2.36. The zero-order valence-corrected chi connectivity index (χ0v) is 6.25. The van der Waals surface area contributed by atoms with Crippen LogP contribution in [-0.4, -0.2) is 17.4 Å². The largest absolute Gasteiger partial charge is 0.478 e. The van der Waals surface area contributed by atoms with Crippen LogP contribution < -0.4 is 0 Å². The van der Waals surface area contributed by atoms with E-state index < -0.39 is 28.7 Å². The molecule has 0 atom stereocenters. The van der Waals surface area contributed by atoms with Gasteiger partial charge in [0.15, 0.2) is 6.29 Å². The van der Waals surface area contributed by atoms with Crippen LogP contribution in [0.4, 0.5) is 8.78 Å². The summed E-state index contributed by atoms with van der Waals surface area (Å²) >= 11 is 0. The van der Waals surface area contributed by atoms with E-state index in [1.54, 1.807) is 0 Å². The zero-order valence-electron chi connectivity index (χ0n) is 6.25. The van der Waals surface area contributed by atoms with E-state index in [1.165, 1.54) is 0 Å². The van der Waals surface area contributed by atoms with E-state index in [4.69, 9.17) is 5.11 Å². The molecule has 0 spiro atoms. The van der Waals surface area contributed by atoms with Crippen molar-refractivity contribution in [1.82, 2.24) is 0 Å². The smallest absolute Gasteiger partial charge is 0.339 e. The first-order valence-corrected chi connectivity index (χ1v) is 3.24. The molecule has 0 saturated carbocycles. The summed E-state index contributed by atoms with van der Waals surface area (Å²) in [6, 6.07) is 1.36. The Balaban J connectivity index is 3.52. The summed E-state index contributed by atoms with van der Waals surface area (Å²) in [6.45, 7) is 0. The van der Waals surface area contributed by atoms with Crippen LogP contribution in [0.2, 0.25) is 0 Å². The minimum Gasteiger partial charge on any atom is -0.478 e. The van der Waals surface area contributed by atoms with Crippen LogP contribution in [0.15, 0.2) is 12.1 Å². The fourth-order valence-corrected chi connectivity index (χ4v) is 0.900. The number of carbonyl (C=O) groups is 2. The lowest BCUT2D eigenvalue weighted by molar-refractivity contribution is 0.0688. The highest BCUT2D eigenvalue weighted by Crippen LogP contribution is 2.15. The molecule has 1 N–H and O–H groups in total. The van der Waals surface area contributed by atoms with Crippen LogP contribution in [0.1, 0.15) is 20.7 Å². The summed E-state index contributed by atoms with van der Waals surface area (Å²) in [5.74, 6) is -3.84. The molecule has 0 unspecified atom stereocenters. The Morgan fingerprint density at radius 2 is 1.85 bits per heavy atom. The van der Waals surface area contributed by atoms with Crippen molar-refractivity contribution in [2.24, 2.45) is 0 Å². The second-order valence-corrected chi connectivity index (χ2v) is 2.24. The van der Waals surface area contributed by atoms with Gasteiger partial charge in [-0.25, -0.2) is 13.6 Å². The van der Waals surface area contributed by atoms with Crippen LogP contribution in [-0.2, 0) is 0 Å². The topological polar surface area (TPSA) is 54.4 Å². The normalized spacial score (nSPS) is 9.69. The number of aromatic carboxylic acids is 1. The number of halogens is 2. The summed E-state index contributed by atoms with van der Waals surface area (Å²) < 4.78 is 25.5. The Morgan fingerprint density at radius 3 is 2.23 bits per heavy atom. The second kappa shape index (κ2) is 3.30. The Labute approximate surface area is 71.6 Å². The van der Waals surface area contributed by atoms with Gasteiger partial charge >= 0.3 is 5.97 Å². The maximum Gasteiger partial charge on any atom is 0.339 e. The van der Waals surface area contributed by atoms with Gasteiger partial charge in [0.1, 0.15) is 17.2 Å². The Bertz CT molecular complexity index is 374.